The minimum Gasteiger partial charge on any atom is -0.338 e. The number of para-hydroxylation sites is 1. The summed E-state index contributed by atoms with van der Waals surface area (Å²) in [5.41, 5.74) is 3.25. The third kappa shape index (κ3) is 5.21. The Bertz CT molecular complexity index is 949. The van der Waals surface area contributed by atoms with E-state index in [0.29, 0.717) is 0 Å². The van der Waals surface area contributed by atoms with Crippen molar-refractivity contribution in [2.45, 2.75) is 13.0 Å². The van der Waals surface area contributed by atoms with Gasteiger partial charge in [-0.25, -0.2) is 4.68 Å². The fraction of sp³-hybridized carbons (Fsp3) is 0.250. The van der Waals surface area contributed by atoms with Crippen molar-refractivity contribution in [3.05, 3.63) is 90.3 Å². The summed E-state index contributed by atoms with van der Waals surface area (Å²) in [5.74, 6) is 0.0685. The Morgan fingerprint density at radius 3 is 2.48 bits per heavy atom. The molecule has 1 aliphatic heterocycles. The zero-order valence-corrected chi connectivity index (χ0v) is 16.5. The normalized spacial score (nSPS) is 15.5. The molecule has 1 saturated heterocycles. The van der Waals surface area contributed by atoms with Gasteiger partial charge in [0.25, 0.3) is 0 Å². The van der Waals surface area contributed by atoms with Gasteiger partial charge in [-0.05, 0) is 30.2 Å². The van der Waals surface area contributed by atoms with Gasteiger partial charge in [-0.15, -0.1) is 0 Å². The lowest BCUT2D eigenvalue weighted by Gasteiger charge is -2.21. The quantitative estimate of drug-likeness (QED) is 0.629. The molecule has 4 rings (SSSR count). The van der Waals surface area contributed by atoms with Crippen LogP contribution >= 0.6 is 0 Å². The molecule has 5 heteroatoms. The largest absolute Gasteiger partial charge is 0.338 e. The monoisotopic (exact) mass is 386 g/mol. The summed E-state index contributed by atoms with van der Waals surface area (Å²) in [4.78, 5) is 17.0. The molecular weight excluding hydrogens is 360 g/mol. The first-order valence-electron chi connectivity index (χ1n) is 10.1. The summed E-state index contributed by atoms with van der Waals surface area (Å²) < 4.78 is 1.82. The number of carbonyl (C=O) groups excluding carboxylic acids is 1. The summed E-state index contributed by atoms with van der Waals surface area (Å²) in [7, 11) is 0. The number of amides is 1. The van der Waals surface area contributed by atoms with Crippen molar-refractivity contribution in [3.8, 4) is 5.69 Å². The Morgan fingerprint density at radius 2 is 1.69 bits per heavy atom. The fourth-order valence-corrected chi connectivity index (χ4v) is 3.61. The van der Waals surface area contributed by atoms with Gasteiger partial charge in [-0.2, -0.15) is 5.10 Å². The van der Waals surface area contributed by atoms with Crippen molar-refractivity contribution in [1.82, 2.24) is 19.6 Å². The van der Waals surface area contributed by atoms with E-state index in [0.717, 1.165) is 50.4 Å². The van der Waals surface area contributed by atoms with Crippen LogP contribution in [0, 0.1) is 0 Å². The average Bonchev–Trinajstić information content (AvgIpc) is 3.12. The Morgan fingerprint density at radius 1 is 0.931 bits per heavy atom. The Balaban J connectivity index is 1.32. The van der Waals surface area contributed by atoms with Crippen LogP contribution < -0.4 is 0 Å². The van der Waals surface area contributed by atoms with E-state index >= 15 is 0 Å². The predicted octanol–water partition coefficient (Wildman–Crippen LogP) is 3.62. The Kier molecular flexibility index (Phi) is 6.17. The highest BCUT2D eigenvalue weighted by molar-refractivity contribution is 5.91. The molecule has 1 aliphatic rings. The van der Waals surface area contributed by atoms with E-state index in [-0.39, 0.29) is 5.91 Å². The second kappa shape index (κ2) is 9.34. The number of aromatic nitrogens is 2. The molecule has 1 amide bonds. The molecule has 0 atom stereocenters. The van der Waals surface area contributed by atoms with Crippen LogP contribution in [-0.4, -0.2) is 51.7 Å². The van der Waals surface area contributed by atoms with Gasteiger partial charge in [0.15, 0.2) is 0 Å². The van der Waals surface area contributed by atoms with E-state index in [2.05, 4.69) is 34.3 Å². The summed E-state index contributed by atoms with van der Waals surface area (Å²) >= 11 is 0. The van der Waals surface area contributed by atoms with Gasteiger partial charge in [0.1, 0.15) is 0 Å². The number of carbonyl (C=O) groups is 1. The van der Waals surface area contributed by atoms with Crippen LogP contribution in [0.25, 0.3) is 11.8 Å². The third-order valence-electron chi connectivity index (χ3n) is 5.19. The molecule has 29 heavy (non-hydrogen) atoms. The van der Waals surface area contributed by atoms with Gasteiger partial charge in [-0.1, -0.05) is 48.5 Å². The fourth-order valence-electron chi connectivity index (χ4n) is 3.61. The van der Waals surface area contributed by atoms with E-state index in [1.807, 2.05) is 58.3 Å². The molecule has 0 spiro atoms. The van der Waals surface area contributed by atoms with Crippen molar-refractivity contribution in [1.29, 1.82) is 0 Å². The molecule has 5 nitrogen and oxygen atoms in total. The maximum Gasteiger partial charge on any atom is 0.246 e. The molecule has 0 bridgehead atoms. The van der Waals surface area contributed by atoms with Gasteiger partial charge >= 0.3 is 0 Å². The van der Waals surface area contributed by atoms with Gasteiger partial charge in [0, 0.05) is 50.6 Å². The first kappa shape index (κ1) is 19.2. The number of hydrogen-bond donors (Lipinski definition) is 0. The molecule has 3 aromatic rings. The number of hydrogen-bond acceptors (Lipinski definition) is 3. The second-order valence-corrected chi connectivity index (χ2v) is 7.33. The van der Waals surface area contributed by atoms with Crippen molar-refractivity contribution in [3.63, 3.8) is 0 Å². The van der Waals surface area contributed by atoms with Gasteiger partial charge in [0.2, 0.25) is 5.91 Å². The summed E-state index contributed by atoms with van der Waals surface area (Å²) in [6.07, 6.45) is 8.23. The zero-order valence-electron chi connectivity index (χ0n) is 16.5. The summed E-state index contributed by atoms with van der Waals surface area (Å²) in [5, 5.41) is 4.38. The molecule has 2 aromatic carbocycles. The van der Waals surface area contributed by atoms with E-state index in [1.165, 1.54) is 5.56 Å². The molecule has 0 N–H and O–H groups in total. The molecule has 0 aliphatic carbocycles. The predicted molar refractivity (Wildman–Crippen MR) is 116 cm³/mol. The smallest absolute Gasteiger partial charge is 0.246 e. The maximum atomic E-state index is 12.7. The third-order valence-corrected chi connectivity index (χ3v) is 5.19. The number of rotatable bonds is 5. The molecule has 1 fully saturated rings. The van der Waals surface area contributed by atoms with Crippen LogP contribution in [0.3, 0.4) is 0 Å². The lowest BCUT2D eigenvalue weighted by molar-refractivity contribution is -0.125. The van der Waals surface area contributed by atoms with Crippen LogP contribution in [0.4, 0.5) is 0 Å². The minimum absolute atomic E-state index is 0.0685. The highest BCUT2D eigenvalue weighted by atomic mass is 16.2. The standard InChI is InChI=1S/C24H26N4O/c29-24(13-12-22-18-25-28(20-22)23-10-5-2-6-11-23)27-15-7-14-26(16-17-27)19-21-8-3-1-4-9-21/h1-6,8-13,18,20H,7,14-17,19H2/b13-12+. The van der Waals surface area contributed by atoms with Crippen molar-refractivity contribution >= 4 is 12.0 Å². The van der Waals surface area contributed by atoms with Crippen molar-refractivity contribution < 1.29 is 4.79 Å². The molecule has 2 heterocycles. The SMILES string of the molecule is O=C(/C=C/c1cnn(-c2ccccc2)c1)N1CCCN(Cc2ccccc2)CC1. The lowest BCUT2D eigenvalue weighted by Crippen LogP contribution is -2.34. The Hall–Kier alpha value is -3.18. The molecular formula is C24H26N4O. The minimum atomic E-state index is 0.0685. The first-order valence-corrected chi connectivity index (χ1v) is 10.1. The molecule has 0 saturated carbocycles. The Labute approximate surface area is 171 Å². The van der Waals surface area contributed by atoms with E-state index in [1.54, 1.807) is 12.3 Å². The zero-order chi connectivity index (χ0) is 19.9. The topological polar surface area (TPSA) is 41.4 Å². The van der Waals surface area contributed by atoms with E-state index < -0.39 is 0 Å². The highest BCUT2D eigenvalue weighted by Gasteiger charge is 2.17. The van der Waals surface area contributed by atoms with Gasteiger partial charge in [0.05, 0.1) is 11.9 Å². The van der Waals surface area contributed by atoms with Crippen LogP contribution in [0.1, 0.15) is 17.5 Å². The lowest BCUT2D eigenvalue weighted by atomic mass is 10.2. The van der Waals surface area contributed by atoms with Crippen LogP contribution in [0.5, 0.6) is 0 Å². The van der Waals surface area contributed by atoms with Crippen LogP contribution in [-0.2, 0) is 11.3 Å². The van der Waals surface area contributed by atoms with Gasteiger partial charge in [-0.3, -0.25) is 9.69 Å². The van der Waals surface area contributed by atoms with E-state index in [4.69, 9.17) is 0 Å². The number of nitrogens with zero attached hydrogens (tertiary/aromatic N) is 4. The van der Waals surface area contributed by atoms with Gasteiger partial charge < -0.3 is 4.90 Å². The van der Waals surface area contributed by atoms with Crippen molar-refractivity contribution in [2.75, 3.05) is 26.2 Å². The van der Waals surface area contributed by atoms with E-state index in [9.17, 15) is 4.79 Å². The van der Waals surface area contributed by atoms with Crippen LogP contribution in [0.15, 0.2) is 79.1 Å². The molecule has 0 unspecified atom stereocenters. The number of benzene rings is 2. The molecule has 148 valence electrons. The first-order chi connectivity index (χ1) is 14.3. The summed E-state index contributed by atoms with van der Waals surface area (Å²) in [6, 6.07) is 20.5. The summed E-state index contributed by atoms with van der Waals surface area (Å²) in [6.45, 7) is 4.43. The average molecular weight is 386 g/mol. The van der Waals surface area contributed by atoms with Crippen molar-refractivity contribution in [2.24, 2.45) is 0 Å². The molecule has 0 radical (unpaired) electrons. The maximum absolute atomic E-state index is 12.7. The highest BCUT2D eigenvalue weighted by Crippen LogP contribution is 2.11. The molecule has 1 aromatic heterocycles. The second-order valence-electron chi connectivity index (χ2n) is 7.33. The van der Waals surface area contributed by atoms with Crippen LogP contribution in [0.2, 0.25) is 0 Å².